The van der Waals surface area contributed by atoms with Gasteiger partial charge >= 0.3 is 5.97 Å². The smallest absolute Gasteiger partial charge is 0.314 e. The van der Waals surface area contributed by atoms with Crippen LogP contribution in [-0.4, -0.2) is 12.0 Å². The van der Waals surface area contributed by atoms with Gasteiger partial charge in [-0.25, -0.2) is 4.39 Å². The summed E-state index contributed by atoms with van der Waals surface area (Å²) in [5, 5.41) is 0. The molecule has 0 amide bonds. The van der Waals surface area contributed by atoms with E-state index in [0.29, 0.717) is 18.1 Å². The van der Waals surface area contributed by atoms with E-state index in [2.05, 4.69) is 6.92 Å². The molecule has 2 fully saturated rings. The molecular formula is C23H32FNO2. The zero-order valence-corrected chi connectivity index (χ0v) is 16.4. The molecule has 3 nitrogen and oxygen atoms in total. The van der Waals surface area contributed by atoms with E-state index in [1.807, 2.05) is 6.07 Å². The number of benzene rings is 1. The highest BCUT2D eigenvalue weighted by Crippen LogP contribution is 2.47. The molecule has 0 saturated heterocycles. The Labute approximate surface area is 161 Å². The van der Waals surface area contributed by atoms with Crippen molar-refractivity contribution in [2.45, 2.75) is 89.0 Å². The number of hydrogen-bond acceptors (Lipinski definition) is 3. The van der Waals surface area contributed by atoms with Crippen molar-refractivity contribution in [1.82, 2.24) is 0 Å². The van der Waals surface area contributed by atoms with E-state index in [4.69, 9.17) is 10.5 Å². The third kappa shape index (κ3) is 3.53. The van der Waals surface area contributed by atoms with E-state index in [1.54, 1.807) is 0 Å². The second-order valence-corrected chi connectivity index (χ2v) is 9.19. The van der Waals surface area contributed by atoms with Crippen LogP contribution in [0.5, 0.6) is 5.75 Å². The van der Waals surface area contributed by atoms with Crippen LogP contribution in [0.15, 0.2) is 12.1 Å². The first-order chi connectivity index (χ1) is 13.0. The first-order valence-electron chi connectivity index (χ1n) is 10.8. The van der Waals surface area contributed by atoms with Crippen LogP contribution in [0.4, 0.5) is 4.39 Å². The molecule has 0 radical (unpaired) electrons. The maximum absolute atomic E-state index is 15.0. The molecular weight excluding hydrogens is 341 g/mol. The molecule has 0 heterocycles. The molecule has 1 aromatic rings. The SMILES string of the molecule is CC12CCCCCC(Cc3c(F)cc(OC(=O)C4CCCCC4)cc31)C2N. The topological polar surface area (TPSA) is 52.3 Å². The van der Waals surface area contributed by atoms with Gasteiger partial charge in [0.15, 0.2) is 0 Å². The molecule has 0 spiro atoms. The van der Waals surface area contributed by atoms with Gasteiger partial charge in [0, 0.05) is 17.5 Å². The Morgan fingerprint density at radius 1 is 1.11 bits per heavy atom. The third-order valence-corrected chi connectivity index (χ3v) is 7.42. The van der Waals surface area contributed by atoms with Crippen molar-refractivity contribution >= 4 is 5.97 Å². The largest absolute Gasteiger partial charge is 0.426 e. The summed E-state index contributed by atoms with van der Waals surface area (Å²) in [5.41, 5.74) is 8.21. The Kier molecular flexibility index (Phi) is 5.28. The highest BCUT2D eigenvalue weighted by Gasteiger charge is 2.45. The Hall–Kier alpha value is -1.42. The van der Waals surface area contributed by atoms with Crippen molar-refractivity contribution in [3.8, 4) is 5.75 Å². The molecule has 4 heteroatoms. The highest BCUT2D eigenvalue weighted by atomic mass is 19.1. The van der Waals surface area contributed by atoms with Crippen LogP contribution in [-0.2, 0) is 16.6 Å². The number of ether oxygens (including phenoxy) is 1. The van der Waals surface area contributed by atoms with Gasteiger partial charge in [-0.15, -0.1) is 0 Å². The fourth-order valence-corrected chi connectivity index (χ4v) is 5.67. The van der Waals surface area contributed by atoms with E-state index < -0.39 is 0 Å². The number of carbonyl (C=O) groups is 1. The van der Waals surface area contributed by atoms with Gasteiger partial charge in [0.05, 0.1) is 5.92 Å². The molecule has 27 heavy (non-hydrogen) atoms. The third-order valence-electron chi connectivity index (χ3n) is 7.42. The van der Waals surface area contributed by atoms with Gasteiger partial charge in [-0.05, 0) is 55.2 Å². The summed E-state index contributed by atoms with van der Waals surface area (Å²) in [6, 6.07) is 3.37. The molecule has 3 unspecified atom stereocenters. The molecule has 148 valence electrons. The van der Waals surface area contributed by atoms with Gasteiger partial charge in [0.25, 0.3) is 0 Å². The summed E-state index contributed by atoms with van der Waals surface area (Å²) in [5.74, 6) is 0.225. The van der Waals surface area contributed by atoms with E-state index in [9.17, 15) is 4.79 Å². The lowest BCUT2D eigenvalue weighted by atomic mass is 9.60. The fourth-order valence-electron chi connectivity index (χ4n) is 5.67. The lowest BCUT2D eigenvalue weighted by Gasteiger charge is -2.47. The molecule has 2 N–H and O–H groups in total. The lowest BCUT2D eigenvalue weighted by molar-refractivity contribution is -0.140. The number of fused-ring (bicyclic) bond motifs is 4. The fraction of sp³-hybridized carbons (Fsp3) is 0.696. The van der Waals surface area contributed by atoms with Crippen molar-refractivity contribution in [3.05, 3.63) is 29.1 Å². The zero-order valence-electron chi connectivity index (χ0n) is 16.4. The predicted octanol–water partition coefficient (Wildman–Crippen LogP) is 5.03. The minimum Gasteiger partial charge on any atom is -0.426 e. The van der Waals surface area contributed by atoms with Crippen LogP contribution in [0.2, 0.25) is 0 Å². The van der Waals surface area contributed by atoms with Crippen molar-refractivity contribution in [3.63, 3.8) is 0 Å². The average molecular weight is 374 g/mol. The Balaban J connectivity index is 1.65. The Bertz CT molecular complexity index is 713. The van der Waals surface area contributed by atoms with Crippen molar-refractivity contribution in [2.24, 2.45) is 17.6 Å². The van der Waals surface area contributed by atoms with E-state index in [0.717, 1.165) is 56.1 Å². The number of esters is 1. The summed E-state index contributed by atoms with van der Waals surface area (Å²) >= 11 is 0. The summed E-state index contributed by atoms with van der Waals surface area (Å²) in [6.07, 6.45) is 11.4. The monoisotopic (exact) mass is 373 g/mol. The van der Waals surface area contributed by atoms with Gasteiger partial charge in [0.1, 0.15) is 11.6 Å². The summed E-state index contributed by atoms with van der Waals surface area (Å²) in [6.45, 7) is 2.18. The Morgan fingerprint density at radius 3 is 2.59 bits per heavy atom. The van der Waals surface area contributed by atoms with E-state index in [1.165, 1.54) is 25.3 Å². The van der Waals surface area contributed by atoms with Gasteiger partial charge < -0.3 is 10.5 Å². The first kappa shape index (κ1) is 18.9. The predicted molar refractivity (Wildman–Crippen MR) is 104 cm³/mol. The van der Waals surface area contributed by atoms with Crippen LogP contribution in [0.25, 0.3) is 0 Å². The van der Waals surface area contributed by atoms with Gasteiger partial charge in [-0.3, -0.25) is 4.79 Å². The van der Waals surface area contributed by atoms with E-state index in [-0.39, 0.29) is 29.2 Å². The summed E-state index contributed by atoms with van der Waals surface area (Å²) in [4.78, 5) is 12.5. The highest BCUT2D eigenvalue weighted by molar-refractivity contribution is 5.75. The van der Waals surface area contributed by atoms with Gasteiger partial charge in [-0.1, -0.05) is 45.4 Å². The molecule has 1 aromatic carbocycles. The maximum atomic E-state index is 15.0. The van der Waals surface area contributed by atoms with Crippen molar-refractivity contribution in [2.75, 3.05) is 0 Å². The average Bonchev–Trinajstić information content (AvgIpc) is 2.66. The van der Waals surface area contributed by atoms with Crippen molar-refractivity contribution in [1.29, 1.82) is 0 Å². The van der Waals surface area contributed by atoms with Crippen molar-refractivity contribution < 1.29 is 13.9 Å². The van der Waals surface area contributed by atoms with Gasteiger partial charge in [0.2, 0.25) is 0 Å². The van der Waals surface area contributed by atoms with Crippen LogP contribution in [0.1, 0.15) is 82.3 Å². The number of hydrogen-bond donors (Lipinski definition) is 1. The summed E-state index contributed by atoms with van der Waals surface area (Å²) in [7, 11) is 0. The number of halogens is 1. The molecule has 2 bridgehead atoms. The molecule has 3 aliphatic rings. The number of nitrogens with two attached hydrogens (primary N) is 1. The molecule has 0 aromatic heterocycles. The Morgan fingerprint density at radius 2 is 1.81 bits per heavy atom. The van der Waals surface area contributed by atoms with Crippen LogP contribution < -0.4 is 10.5 Å². The molecule has 0 aliphatic heterocycles. The molecule has 3 atom stereocenters. The molecule has 3 aliphatic carbocycles. The normalized spacial score (nSPS) is 31.5. The first-order valence-corrected chi connectivity index (χ1v) is 10.8. The lowest BCUT2D eigenvalue weighted by Crippen LogP contribution is -2.53. The second kappa shape index (κ2) is 7.54. The quantitative estimate of drug-likeness (QED) is 0.584. The van der Waals surface area contributed by atoms with E-state index >= 15 is 4.39 Å². The van der Waals surface area contributed by atoms with Gasteiger partial charge in [-0.2, -0.15) is 0 Å². The van der Waals surface area contributed by atoms with Crippen LogP contribution in [0.3, 0.4) is 0 Å². The number of carbonyl (C=O) groups excluding carboxylic acids is 1. The maximum Gasteiger partial charge on any atom is 0.314 e. The summed E-state index contributed by atoms with van der Waals surface area (Å²) < 4.78 is 20.7. The minimum absolute atomic E-state index is 0.0361. The molecule has 4 rings (SSSR count). The molecule has 2 saturated carbocycles. The second-order valence-electron chi connectivity index (χ2n) is 9.19. The van der Waals surface area contributed by atoms with Crippen LogP contribution in [0, 0.1) is 17.7 Å². The van der Waals surface area contributed by atoms with Crippen LogP contribution >= 0.6 is 0 Å². The number of rotatable bonds is 2. The minimum atomic E-state index is -0.243. The zero-order chi connectivity index (χ0) is 19.0. The standard InChI is InChI=1S/C23H32FNO2/c1-23-11-7-3-6-10-16(21(23)25)12-18-19(23)13-17(14-20(18)24)27-22(26)15-8-4-2-5-9-15/h13-16,21H,2-12,25H2,1H3.